The van der Waals surface area contributed by atoms with Crippen LogP contribution in [0.1, 0.15) is 25.8 Å². The van der Waals surface area contributed by atoms with E-state index >= 15 is 0 Å². The van der Waals surface area contributed by atoms with Gasteiger partial charge in [0.15, 0.2) is 5.16 Å². The number of thioether (sulfide) groups is 1. The highest BCUT2D eigenvalue weighted by Crippen LogP contribution is 2.31. The number of aromatic nitrogens is 2. The maximum atomic E-state index is 13.4. The number of carbonyl (C=O) groups is 1. The zero-order chi connectivity index (χ0) is 21.8. The monoisotopic (exact) mass is 451 g/mol. The molecule has 2 aromatic carbocycles. The lowest BCUT2D eigenvalue weighted by Gasteiger charge is -2.14. The van der Waals surface area contributed by atoms with Gasteiger partial charge >= 0.3 is 0 Å². The first-order valence-corrected chi connectivity index (χ1v) is 12.2. The van der Waals surface area contributed by atoms with Gasteiger partial charge in [-0.15, -0.1) is 11.3 Å². The fourth-order valence-corrected chi connectivity index (χ4v) is 5.32. The van der Waals surface area contributed by atoms with Gasteiger partial charge in [-0.3, -0.25) is 14.2 Å². The van der Waals surface area contributed by atoms with Gasteiger partial charge in [0, 0.05) is 22.7 Å². The SMILES string of the molecule is CCC(C)NC(=O)CSc1nc2c(sc3ccccc32)c(=O)n1CCc1ccccc1. The van der Waals surface area contributed by atoms with Gasteiger partial charge in [-0.05, 0) is 31.4 Å². The van der Waals surface area contributed by atoms with Gasteiger partial charge in [0.2, 0.25) is 5.91 Å². The Hall–Kier alpha value is -2.64. The summed E-state index contributed by atoms with van der Waals surface area (Å²) >= 11 is 2.81. The molecule has 0 radical (unpaired) electrons. The second-order valence-electron chi connectivity index (χ2n) is 7.53. The van der Waals surface area contributed by atoms with Crippen LogP contribution in [0.25, 0.3) is 20.3 Å². The normalized spacial score (nSPS) is 12.3. The zero-order valence-electron chi connectivity index (χ0n) is 17.6. The molecule has 2 aromatic heterocycles. The first kappa shape index (κ1) is 21.6. The van der Waals surface area contributed by atoms with Crippen molar-refractivity contribution < 1.29 is 4.79 Å². The van der Waals surface area contributed by atoms with E-state index in [-0.39, 0.29) is 23.3 Å². The van der Waals surface area contributed by atoms with Crippen LogP contribution in [0.4, 0.5) is 0 Å². The maximum Gasteiger partial charge on any atom is 0.272 e. The van der Waals surface area contributed by atoms with Crippen molar-refractivity contribution in [2.75, 3.05) is 5.75 Å². The average Bonchev–Trinajstić information content (AvgIpc) is 3.17. The van der Waals surface area contributed by atoms with E-state index in [4.69, 9.17) is 4.98 Å². The summed E-state index contributed by atoms with van der Waals surface area (Å²) in [6, 6.07) is 18.2. The Kier molecular flexibility index (Phi) is 6.73. The van der Waals surface area contributed by atoms with Gasteiger partial charge in [-0.2, -0.15) is 0 Å². The summed E-state index contributed by atoms with van der Waals surface area (Å²) in [4.78, 5) is 30.6. The molecule has 0 saturated carbocycles. The predicted octanol–water partition coefficient (Wildman–Crippen LogP) is 4.86. The van der Waals surface area contributed by atoms with Gasteiger partial charge < -0.3 is 5.32 Å². The number of hydrogen-bond acceptors (Lipinski definition) is 5. The fourth-order valence-electron chi connectivity index (χ4n) is 3.39. The van der Waals surface area contributed by atoms with Crippen molar-refractivity contribution in [2.24, 2.45) is 0 Å². The maximum absolute atomic E-state index is 13.4. The van der Waals surface area contributed by atoms with Gasteiger partial charge in [0.1, 0.15) is 4.70 Å². The van der Waals surface area contributed by atoms with Gasteiger partial charge in [-0.1, -0.05) is 67.2 Å². The summed E-state index contributed by atoms with van der Waals surface area (Å²) < 4.78 is 3.45. The van der Waals surface area contributed by atoms with E-state index < -0.39 is 0 Å². The Morgan fingerprint density at radius 3 is 2.68 bits per heavy atom. The topological polar surface area (TPSA) is 64.0 Å². The van der Waals surface area contributed by atoms with E-state index in [0.717, 1.165) is 34.0 Å². The van der Waals surface area contributed by atoms with Crippen LogP contribution in [0.2, 0.25) is 0 Å². The van der Waals surface area contributed by atoms with Crippen LogP contribution in [-0.4, -0.2) is 27.3 Å². The number of nitrogens with one attached hydrogen (secondary N) is 1. The first-order valence-electron chi connectivity index (χ1n) is 10.4. The highest BCUT2D eigenvalue weighted by Gasteiger charge is 2.17. The van der Waals surface area contributed by atoms with Crippen molar-refractivity contribution in [1.82, 2.24) is 14.9 Å². The summed E-state index contributed by atoms with van der Waals surface area (Å²) in [6.07, 6.45) is 1.61. The minimum atomic E-state index is -0.0431. The molecule has 0 aliphatic heterocycles. The Morgan fingerprint density at radius 1 is 1.16 bits per heavy atom. The minimum absolute atomic E-state index is 0.0352. The molecule has 4 rings (SSSR count). The molecule has 0 saturated heterocycles. The number of benzene rings is 2. The van der Waals surface area contributed by atoms with Crippen molar-refractivity contribution in [3.05, 3.63) is 70.5 Å². The molecule has 1 atom stereocenters. The minimum Gasteiger partial charge on any atom is -0.353 e. The van der Waals surface area contributed by atoms with Gasteiger partial charge in [0.05, 0.1) is 11.3 Å². The zero-order valence-corrected chi connectivity index (χ0v) is 19.3. The summed E-state index contributed by atoms with van der Waals surface area (Å²) in [6.45, 7) is 4.55. The molecule has 2 heterocycles. The number of thiophene rings is 1. The second-order valence-corrected chi connectivity index (χ2v) is 9.52. The smallest absolute Gasteiger partial charge is 0.272 e. The van der Waals surface area contributed by atoms with E-state index in [1.54, 1.807) is 4.57 Å². The Bertz CT molecular complexity index is 1260. The van der Waals surface area contributed by atoms with Crippen molar-refractivity contribution in [3.8, 4) is 0 Å². The van der Waals surface area contributed by atoms with E-state index in [9.17, 15) is 9.59 Å². The summed E-state index contributed by atoms with van der Waals surface area (Å²) in [5, 5.41) is 4.56. The Balaban J connectivity index is 1.70. The first-order chi connectivity index (χ1) is 15.1. The summed E-state index contributed by atoms with van der Waals surface area (Å²) in [5.41, 5.74) is 1.86. The molecular weight excluding hydrogens is 426 g/mol. The molecule has 0 aliphatic rings. The van der Waals surface area contributed by atoms with Crippen LogP contribution in [0.15, 0.2) is 64.5 Å². The van der Waals surface area contributed by atoms with Gasteiger partial charge in [-0.25, -0.2) is 4.98 Å². The second kappa shape index (κ2) is 9.66. The lowest BCUT2D eigenvalue weighted by atomic mass is 10.1. The molecule has 0 fully saturated rings. The molecule has 4 aromatic rings. The van der Waals surface area contributed by atoms with Crippen molar-refractivity contribution in [1.29, 1.82) is 0 Å². The van der Waals surface area contributed by atoms with Crippen LogP contribution in [-0.2, 0) is 17.8 Å². The standard InChI is InChI=1S/C24H25N3O2S2/c1-3-16(2)25-20(28)15-30-24-26-21-18-11-7-8-12-19(18)31-22(21)23(29)27(24)14-13-17-9-5-4-6-10-17/h4-12,16H,3,13-15H2,1-2H3,(H,25,28). The number of rotatable bonds is 8. The largest absolute Gasteiger partial charge is 0.353 e. The lowest BCUT2D eigenvalue weighted by molar-refractivity contribution is -0.119. The molecule has 0 spiro atoms. The predicted molar refractivity (Wildman–Crippen MR) is 130 cm³/mol. The third-order valence-electron chi connectivity index (χ3n) is 5.27. The molecule has 1 N–H and O–H groups in total. The summed E-state index contributed by atoms with van der Waals surface area (Å²) in [5.74, 6) is 0.189. The molecule has 31 heavy (non-hydrogen) atoms. The third-order valence-corrected chi connectivity index (χ3v) is 7.39. The van der Waals surface area contributed by atoms with Gasteiger partial charge in [0.25, 0.3) is 5.56 Å². The number of fused-ring (bicyclic) bond motifs is 3. The number of hydrogen-bond donors (Lipinski definition) is 1. The van der Waals surface area contributed by atoms with E-state index in [1.165, 1.54) is 23.1 Å². The van der Waals surface area contributed by atoms with E-state index in [2.05, 4.69) is 17.4 Å². The molecule has 1 unspecified atom stereocenters. The quantitative estimate of drug-likeness (QED) is 0.307. The fraction of sp³-hybridized carbons (Fsp3) is 0.292. The highest BCUT2D eigenvalue weighted by atomic mass is 32.2. The molecule has 7 heteroatoms. The van der Waals surface area contributed by atoms with E-state index in [0.29, 0.717) is 16.4 Å². The lowest BCUT2D eigenvalue weighted by Crippen LogP contribution is -2.33. The van der Waals surface area contributed by atoms with Crippen molar-refractivity contribution in [3.63, 3.8) is 0 Å². The molecule has 0 aliphatic carbocycles. The molecule has 1 amide bonds. The summed E-state index contributed by atoms with van der Waals surface area (Å²) in [7, 11) is 0. The molecule has 0 bridgehead atoms. The van der Waals surface area contributed by atoms with Crippen molar-refractivity contribution >= 4 is 49.3 Å². The average molecular weight is 452 g/mol. The number of aryl methyl sites for hydroxylation is 1. The van der Waals surface area contributed by atoms with Crippen LogP contribution in [0, 0.1) is 0 Å². The van der Waals surface area contributed by atoms with E-state index in [1.807, 2.05) is 56.3 Å². The van der Waals surface area contributed by atoms with Crippen LogP contribution in [0.5, 0.6) is 0 Å². The molecule has 160 valence electrons. The Labute approximate surface area is 189 Å². The van der Waals surface area contributed by atoms with Crippen LogP contribution >= 0.6 is 23.1 Å². The molecule has 5 nitrogen and oxygen atoms in total. The highest BCUT2D eigenvalue weighted by molar-refractivity contribution is 7.99. The number of carbonyl (C=O) groups excluding carboxylic acids is 1. The third kappa shape index (κ3) is 4.83. The van der Waals surface area contributed by atoms with Crippen LogP contribution < -0.4 is 10.9 Å². The van der Waals surface area contributed by atoms with Crippen LogP contribution in [0.3, 0.4) is 0 Å². The number of amides is 1. The van der Waals surface area contributed by atoms with Crippen molar-refractivity contribution in [2.45, 2.75) is 44.4 Å². The Morgan fingerprint density at radius 2 is 1.90 bits per heavy atom. The number of nitrogens with zero attached hydrogens (tertiary/aromatic N) is 2. The molecular formula is C24H25N3O2S2.